The third-order valence-electron chi connectivity index (χ3n) is 6.68. The largest absolute Gasteiger partial charge is 0.454 e. The maximum atomic E-state index is 14.0. The first-order chi connectivity index (χ1) is 19.9. The molecule has 2 amide bonds. The Labute approximate surface area is 239 Å². The predicted octanol–water partition coefficient (Wildman–Crippen LogP) is 5.36. The molecule has 206 valence electrons. The molecule has 1 aliphatic rings. The molecule has 0 fully saturated rings. The number of anilines is 1. The van der Waals surface area contributed by atoms with Crippen LogP contribution in [0.15, 0.2) is 91.0 Å². The smallest absolute Gasteiger partial charge is 0.251 e. The van der Waals surface area contributed by atoms with E-state index in [0.717, 1.165) is 0 Å². The summed E-state index contributed by atoms with van der Waals surface area (Å²) in [6, 6.07) is 23.7. The summed E-state index contributed by atoms with van der Waals surface area (Å²) in [6.45, 7) is -0.0618. The number of carbonyl (C=O) groups is 2. The van der Waals surface area contributed by atoms with Gasteiger partial charge in [-0.05, 0) is 59.7 Å². The summed E-state index contributed by atoms with van der Waals surface area (Å²) in [5.74, 6) is -0.194. The van der Waals surface area contributed by atoms with Crippen molar-refractivity contribution in [1.82, 2.24) is 19.9 Å². The summed E-state index contributed by atoms with van der Waals surface area (Å²) >= 11 is 6.16. The summed E-state index contributed by atoms with van der Waals surface area (Å²) in [5.41, 5.74) is 2.95. The molecule has 1 aliphatic heterocycles. The van der Waals surface area contributed by atoms with Gasteiger partial charge in [-0.25, -0.2) is 9.07 Å². The van der Waals surface area contributed by atoms with Gasteiger partial charge in [0.05, 0.1) is 5.52 Å². The van der Waals surface area contributed by atoms with E-state index in [4.69, 9.17) is 21.1 Å². The van der Waals surface area contributed by atoms with E-state index in [-0.39, 0.29) is 19.9 Å². The number of halogens is 2. The molecule has 41 heavy (non-hydrogen) atoms. The van der Waals surface area contributed by atoms with E-state index in [2.05, 4.69) is 15.6 Å². The molecule has 0 radical (unpaired) electrons. The maximum absolute atomic E-state index is 14.0. The van der Waals surface area contributed by atoms with Crippen LogP contribution in [0.1, 0.15) is 17.2 Å². The summed E-state index contributed by atoms with van der Waals surface area (Å²) in [5, 5.41) is 11.7. The lowest BCUT2D eigenvalue weighted by atomic mass is 10.0. The maximum Gasteiger partial charge on any atom is 0.251 e. The van der Waals surface area contributed by atoms with Crippen molar-refractivity contribution < 1.29 is 23.5 Å². The van der Waals surface area contributed by atoms with E-state index in [9.17, 15) is 14.0 Å². The first-order valence-corrected chi connectivity index (χ1v) is 13.1. The number of amides is 2. The molecule has 0 bridgehead atoms. The van der Waals surface area contributed by atoms with E-state index in [1.165, 1.54) is 21.7 Å². The van der Waals surface area contributed by atoms with Crippen molar-refractivity contribution in [3.05, 3.63) is 113 Å². The van der Waals surface area contributed by atoms with Crippen molar-refractivity contribution in [2.45, 2.75) is 19.1 Å². The second-order valence-corrected chi connectivity index (χ2v) is 9.83. The highest BCUT2D eigenvalue weighted by atomic mass is 35.5. The molecular weight excluding hydrogens is 549 g/mol. The zero-order chi connectivity index (χ0) is 28.3. The lowest BCUT2D eigenvalue weighted by molar-refractivity contribution is -0.140. The molecule has 4 aromatic carbocycles. The van der Waals surface area contributed by atoms with Gasteiger partial charge in [0.2, 0.25) is 12.7 Å². The number of hydrogen-bond acceptors (Lipinski definition) is 6. The van der Waals surface area contributed by atoms with E-state index in [1.54, 1.807) is 60.7 Å². The number of benzene rings is 4. The van der Waals surface area contributed by atoms with Gasteiger partial charge >= 0.3 is 0 Å². The number of aromatic nitrogens is 3. The number of nitrogens with zero attached hydrogens (tertiary/aromatic N) is 4. The molecule has 9 nitrogen and oxygen atoms in total. The van der Waals surface area contributed by atoms with Crippen molar-refractivity contribution in [2.75, 3.05) is 12.1 Å². The van der Waals surface area contributed by atoms with Crippen LogP contribution in [0.4, 0.5) is 10.1 Å². The fourth-order valence-corrected chi connectivity index (χ4v) is 4.79. The van der Waals surface area contributed by atoms with Gasteiger partial charge in [0, 0.05) is 23.3 Å². The topological polar surface area (TPSA) is 98.6 Å². The molecule has 0 spiro atoms. The number of ether oxygens (including phenoxy) is 2. The lowest BCUT2D eigenvalue weighted by Gasteiger charge is -2.31. The van der Waals surface area contributed by atoms with Crippen LogP contribution in [0.5, 0.6) is 11.5 Å². The van der Waals surface area contributed by atoms with E-state index in [0.29, 0.717) is 44.4 Å². The van der Waals surface area contributed by atoms with E-state index < -0.39 is 23.7 Å². The van der Waals surface area contributed by atoms with Crippen LogP contribution in [0.3, 0.4) is 0 Å². The lowest BCUT2D eigenvalue weighted by Crippen LogP contribution is -2.42. The summed E-state index contributed by atoms with van der Waals surface area (Å²) < 4.78 is 26.0. The van der Waals surface area contributed by atoms with Gasteiger partial charge < -0.3 is 19.7 Å². The monoisotopic (exact) mass is 571 g/mol. The van der Waals surface area contributed by atoms with Gasteiger partial charge in [-0.3, -0.25) is 9.59 Å². The Morgan fingerprint density at radius 3 is 2.54 bits per heavy atom. The molecule has 5 aromatic rings. The molecule has 11 heteroatoms. The molecule has 1 aromatic heterocycles. The van der Waals surface area contributed by atoms with Crippen LogP contribution in [-0.2, 0) is 22.7 Å². The number of hydrogen-bond donors (Lipinski definition) is 1. The molecule has 1 N–H and O–H groups in total. The normalized spacial score (nSPS) is 12.7. The highest BCUT2D eigenvalue weighted by molar-refractivity contribution is 6.30. The van der Waals surface area contributed by atoms with Gasteiger partial charge in [0.25, 0.3) is 5.91 Å². The number of carbonyl (C=O) groups excluding carboxylic acids is 2. The first-order valence-electron chi connectivity index (χ1n) is 12.7. The second kappa shape index (κ2) is 11.3. The minimum atomic E-state index is -1.08. The standard InChI is InChI=1S/C30H23ClFN5O4/c31-21-9-7-20(8-10-21)29(30(39)33-23-13-14-26-27(15-23)41-18-40-26)36(16-19-5-11-22(32)12-6-19)28(38)17-37-25-4-2-1-3-24(25)34-35-37/h1-15,29H,16-18H2,(H,33,39)/t29-/m1/s1. The minimum Gasteiger partial charge on any atom is -0.454 e. The fraction of sp³-hybridized carbons (Fsp3) is 0.133. The molecule has 2 heterocycles. The van der Waals surface area contributed by atoms with E-state index >= 15 is 0 Å². The highest BCUT2D eigenvalue weighted by Crippen LogP contribution is 2.35. The number of nitrogens with one attached hydrogen (secondary N) is 1. The molecule has 1 atom stereocenters. The van der Waals surface area contributed by atoms with Gasteiger partial charge in [-0.15, -0.1) is 5.10 Å². The first kappa shape index (κ1) is 26.3. The third-order valence-corrected chi connectivity index (χ3v) is 6.93. The SMILES string of the molecule is O=C(Nc1ccc2c(c1)OCO2)[C@@H](c1ccc(Cl)cc1)N(Cc1ccc(F)cc1)C(=O)Cn1nnc2ccccc21. The Balaban J connectivity index is 1.38. The zero-order valence-electron chi connectivity index (χ0n) is 21.5. The minimum absolute atomic E-state index is 0.0214. The van der Waals surface area contributed by atoms with Crippen molar-refractivity contribution in [1.29, 1.82) is 0 Å². The average molecular weight is 572 g/mol. The molecule has 0 aliphatic carbocycles. The van der Waals surface area contributed by atoms with Crippen molar-refractivity contribution in [2.24, 2.45) is 0 Å². The Kier molecular flexibility index (Phi) is 7.22. The Bertz CT molecular complexity index is 1730. The molecule has 6 rings (SSSR count). The molecule has 0 unspecified atom stereocenters. The molecule has 0 saturated heterocycles. The van der Waals surface area contributed by atoms with Crippen LogP contribution in [0, 0.1) is 5.82 Å². The van der Waals surface area contributed by atoms with Crippen molar-refractivity contribution in [3.63, 3.8) is 0 Å². The van der Waals surface area contributed by atoms with Gasteiger partial charge in [0.15, 0.2) is 11.5 Å². The Morgan fingerprint density at radius 2 is 1.73 bits per heavy atom. The van der Waals surface area contributed by atoms with Crippen LogP contribution < -0.4 is 14.8 Å². The zero-order valence-corrected chi connectivity index (χ0v) is 22.3. The van der Waals surface area contributed by atoms with Gasteiger partial charge in [-0.1, -0.05) is 53.2 Å². The summed E-state index contributed by atoms with van der Waals surface area (Å²) in [4.78, 5) is 29.5. The van der Waals surface area contributed by atoms with Crippen LogP contribution in [-0.4, -0.2) is 38.5 Å². The third kappa shape index (κ3) is 5.68. The number of para-hydroxylation sites is 1. The molecular formula is C30H23ClFN5O4. The summed E-state index contributed by atoms with van der Waals surface area (Å²) in [6.07, 6.45) is 0. The van der Waals surface area contributed by atoms with Crippen molar-refractivity contribution in [3.8, 4) is 11.5 Å². The average Bonchev–Trinajstić information content (AvgIpc) is 3.61. The van der Waals surface area contributed by atoms with Gasteiger partial charge in [-0.2, -0.15) is 0 Å². The van der Waals surface area contributed by atoms with E-state index in [1.807, 2.05) is 18.2 Å². The highest BCUT2D eigenvalue weighted by Gasteiger charge is 2.32. The fourth-order valence-electron chi connectivity index (χ4n) is 4.67. The second-order valence-electron chi connectivity index (χ2n) is 9.40. The number of fused-ring (bicyclic) bond motifs is 2. The van der Waals surface area contributed by atoms with Crippen LogP contribution >= 0.6 is 11.6 Å². The van der Waals surface area contributed by atoms with Gasteiger partial charge in [0.1, 0.15) is 23.9 Å². The Morgan fingerprint density at radius 1 is 0.976 bits per heavy atom. The quantitative estimate of drug-likeness (QED) is 0.269. The number of rotatable bonds is 8. The summed E-state index contributed by atoms with van der Waals surface area (Å²) in [7, 11) is 0. The molecule has 0 saturated carbocycles. The van der Waals surface area contributed by atoms with Crippen LogP contribution in [0.2, 0.25) is 5.02 Å². The Hall–Kier alpha value is -4.96. The van der Waals surface area contributed by atoms with Crippen molar-refractivity contribution >= 4 is 40.1 Å². The predicted molar refractivity (Wildman–Crippen MR) is 150 cm³/mol. The van der Waals surface area contributed by atoms with Crippen LogP contribution in [0.25, 0.3) is 11.0 Å².